The van der Waals surface area contributed by atoms with Gasteiger partial charge in [-0.25, -0.2) is 0 Å². The number of carbonyl (C=O) groups excluding carboxylic acids is 1. The van der Waals surface area contributed by atoms with Crippen LogP contribution in [0.3, 0.4) is 0 Å². The Morgan fingerprint density at radius 2 is 2.19 bits per heavy atom. The van der Waals surface area contributed by atoms with Crippen LogP contribution in [0.4, 0.5) is 0 Å². The van der Waals surface area contributed by atoms with E-state index < -0.39 is 0 Å². The van der Waals surface area contributed by atoms with Crippen molar-refractivity contribution in [2.75, 3.05) is 19.7 Å². The summed E-state index contributed by atoms with van der Waals surface area (Å²) in [6, 6.07) is 11.5. The minimum atomic E-state index is -0.370. The van der Waals surface area contributed by atoms with Crippen molar-refractivity contribution < 1.29 is 9.53 Å². The molecule has 8 heteroatoms. The highest BCUT2D eigenvalue weighted by Gasteiger charge is 2.29. The van der Waals surface area contributed by atoms with E-state index in [4.69, 9.17) is 4.74 Å². The largest absolute Gasteiger partial charge is 0.366 e. The maximum Gasteiger partial charge on any atom is 0.254 e. The number of aromatic amines is 1. The van der Waals surface area contributed by atoms with Crippen LogP contribution in [0, 0.1) is 6.92 Å². The molecule has 0 spiro atoms. The summed E-state index contributed by atoms with van der Waals surface area (Å²) in [6.45, 7) is 3.31. The highest BCUT2D eigenvalue weighted by molar-refractivity contribution is 5.97. The predicted molar refractivity (Wildman–Crippen MR) is 93.2 cm³/mol. The summed E-state index contributed by atoms with van der Waals surface area (Å²) < 4.78 is 5.67. The Kier molecular flexibility index (Phi) is 4.40. The maximum atomic E-state index is 13.1. The monoisotopic (exact) mass is 350 g/mol. The van der Waals surface area contributed by atoms with Gasteiger partial charge in [-0.1, -0.05) is 23.4 Å². The summed E-state index contributed by atoms with van der Waals surface area (Å²) >= 11 is 0. The molecule has 26 heavy (non-hydrogen) atoms. The van der Waals surface area contributed by atoms with Crippen LogP contribution in [-0.2, 0) is 4.74 Å². The third kappa shape index (κ3) is 3.06. The Morgan fingerprint density at radius 1 is 1.27 bits per heavy atom. The number of pyridine rings is 1. The molecule has 1 aliphatic rings. The molecule has 1 unspecified atom stereocenters. The fourth-order valence-corrected chi connectivity index (χ4v) is 3.13. The summed E-state index contributed by atoms with van der Waals surface area (Å²) in [6.07, 6.45) is 1.38. The van der Waals surface area contributed by atoms with Crippen LogP contribution in [0.15, 0.2) is 42.6 Å². The molecule has 0 bridgehead atoms. The van der Waals surface area contributed by atoms with Gasteiger partial charge in [0.2, 0.25) is 5.82 Å². The molecule has 0 saturated carbocycles. The van der Waals surface area contributed by atoms with Crippen LogP contribution in [0.1, 0.15) is 27.8 Å². The molecule has 1 amide bonds. The second-order valence-corrected chi connectivity index (χ2v) is 6.07. The van der Waals surface area contributed by atoms with Gasteiger partial charge in [0, 0.05) is 23.9 Å². The number of hydrogen-bond acceptors (Lipinski definition) is 6. The topological polar surface area (TPSA) is 96.9 Å². The molecular formula is C18H18N6O2. The lowest BCUT2D eigenvalue weighted by atomic mass is 9.98. The van der Waals surface area contributed by atoms with Gasteiger partial charge in [0.1, 0.15) is 6.10 Å². The minimum Gasteiger partial charge on any atom is -0.366 e. The van der Waals surface area contributed by atoms with Crippen molar-refractivity contribution in [3.05, 3.63) is 59.5 Å². The number of ether oxygens (including phenoxy) is 1. The van der Waals surface area contributed by atoms with E-state index in [1.54, 1.807) is 11.1 Å². The third-order valence-corrected chi connectivity index (χ3v) is 4.51. The number of benzene rings is 1. The number of carbonyl (C=O) groups is 1. The molecule has 3 aromatic rings. The zero-order valence-corrected chi connectivity index (χ0v) is 14.3. The Balaban J connectivity index is 1.60. The molecule has 3 heterocycles. The molecule has 132 valence electrons. The maximum absolute atomic E-state index is 13.1. The van der Waals surface area contributed by atoms with Gasteiger partial charge in [-0.3, -0.25) is 9.78 Å². The first-order chi connectivity index (χ1) is 12.7. The normalized spacial score (nSPS) is 17.3. The Morgan fingerprint density at radius 3 is 2.96 bits per heavy atom. The summed E-state index contributed by atoms with van der Waals surface area (Å²) in [5.41, 5.74) is 3.39. The smallest absolute Gasteiger partial charge is 0.254 e. The van der Waals surface area contributed by atoms with E-state index in [1.165, 1.54) is 0 Å². The number of aromatic nitrogens is 5. The van der Waals surface area contributed by atoms with Crippen molar-refractivity contribution in [2.24, 2.45) is 0 Å². The zero-order chi connectivity index (χ0) is 17.9. The van der Waals surface area contributed by atoms with E-state index in [2.05, 4.69) is 25.6 Å². The zero-order valence-electron chi connectivity index (χ0n) is 14.3. The molecule has 4 rings (SSSR count). The molecule has 8 nitrogen and oxygen atoms in total. The summed E-state index contributed by atoms with van der Waals surface area (Å²) in [5, 5.41) is 13.9. The number of nitrogens with one attached hydrogen (secondary N) is 1. The van der Waals surface area contributed by atoms with Crippen LogP contribution in [-0.4, -0.2) is 56.1 Å². The molecule has 2 aromatic heterocycles. The average Bonchev–Trinajstić information content (AvgIpc) is 3.23. The molecule has 1 fully saturated rings. The third-order valence-electron chi connectivity index (χ3n) is 4.51. The van der Waals surface area contributed by atoms with Gasteiger partial charge in [-0.15, -0.1) is 10.2 Å². The van der Waals surface area contributed by atoms with Gasteiger partial charge in [-0.05, 0) is 30.7 Å². The van der Waals surface area contributed by atoms with Crippen LogP contribution in [0.2, 0.25) is 0 Å². The fraction of sp³-hybridized carbons (Fsp3) is 0.278. The number of hydrogen-bond donors (Lipinski definition) is 1. The predicted octanol–water partition coefficient (Wildman–Crippen LogP) is 1.78. The molecular weight excluding hydrogens is 332 g/mol. The van der Waals surface area contributed by atoms with Crippen LogP contribution in [0.25, 0.3) is 11.3 Å². The highest BCUT2D eigenvalue weighted by Crippen LogP contribution is 2.26. The average molecular weight is 350 g/mol. The van der Waals surface area contributed by atoms with Crippen LogP contribution in [0.5, 0.6) is 0 Å². The number of tetrazole rings is 1. The first-order valence-corrected chi connectivity index (χ1v) is 8.39. The Hall–Kier alpha value is -3.13. The molecule has 1 aromatic carbocycles. The van der Waals surface area contributed by atoms with E-state index in [-0.39, 0.29) is 12.0 Å². The second kappa shape index (κ2) is 7.01. The lowest BCUT2D eigenvalue weighted by Crippen LogP contribution is -2.42. The van der Waals surface area contributed by atoms with E-state index in [1.807, 2.05) is 43.3 Å². The molecule has 0 radical (unpaired) electrons. The van der Waals surface area contributed by atoms with Crippen molar-refractivity contribution in [2.45, 2.75) is 13.0 Å². The number of rotatable bonds is 3. The molecule has 0 aliphatic carbocycles. The molecule has 1 atom stereocenters. The summed E-state index contributed by atoms with van der Waals surface area (Å²) in [4.78, 5) is 19.3. The minimum absolute atomic E-state index is 0.0305. The highest BCUT2D eigenvalue weighted by atomic mass is 16.5. The first kappa shape index (κ1) is 16.3. The molecule has 1 aliphatic heterocycles. The van der Waals surface area contributed by atoms with Gasteiger partial charge >= 0.3 is 0 Å². The van der Waals surface area contributed by atoms with Crippen molar-refractivity contribution in [3.63, 3.8) is 0 Å². The van der Waals surface area contributed by atoms with Crippen molar-refractivity contribution in [1.82, 2.24) is 30.5 Å². The standard InChI is InChI=1S/C18H18N6O2/c1-12-13(15-7-2-3-8-19-15)5-4-6-14(12)18(25)24-9-10-26-16(11-24)17-20-22-23-21-17/h2-8,16H,9-11H2,1H3,(H,20,21,22,23). The van der Waals surface area contributed by atoms with Gasteiger partial charge in [0.05, 0.1) is 18.8 Å². The Bertz CT molecular complexity index is 897. The SMILES string of the molecule is Cc1c(C(=O)N2CCOC(c3nn[nH]n3)C2)cccc1-c1ccccn1. The molecule has 1 saturated heterocycles. The second-order valence-electron chi connectivity index (χ2n) is 6.07. The van der Waals surface area contributed by atoms with Gasteiger partial charge in [0.15, 0.2) is 0 Å². The van der Waals surface area contributed by atoms with Crippen molar-refractivity contribution in [3.8, 4) is 11.3 Å². The van der Waals surface area contributed by atoms with Gasteiger partial charge < -0.3 is 9.64 Å². The molecule has 1 N–H and O–H groups in total. The number of nitrogens with zero attached hydrogens (tertiary/aromatic N) is 5. The van der Waals surface area contributed by atoms with Gasteiger partial charge in [0.25, 0.3) is 5.91 Å². The van der Waals surface area contributed by atoms with E-state index in [9.17, 15) is 4.79 Å². The lowest BCUT2D eigenvalue weighted by molar-refractivity contribution is -0.0268. The van der Waals surface area contributed by atoms with Crippen LogP contribution >= 0.6 is 0 Å². The van der Waals surface area contributed by atoms with Crippen molar-refractivity contribution >= 4 is 5.91 Å². The van der Waals surface area contributed by atoms with E-state index in [0.29, 0.717) is 31.1 Å². The summed E-state index contributed by atoms with van der Waals surface area (Å²) in [7, 11) is 0. The van der Waals surface area contributed by atoms with E-state index in [0.717, 1.165) is 16.8 Å². The Labute approximate surface area is 150 Å². The summed E-state index contributed by atoms with van der Waals surface area (Å²) in [5.74, 6) is 0.429. The first-order valence-electron chi connectivity index (χ1n) is 8.39. The fourth-order valence-electron chi connectivity index (χ4n) is 3.13. The number of H-pyrrole nitrogens is 1. The number of morpholine rings is 1. The van der Waals surface area contributed by atoms with Gasteiger partial charge in [-0.2, -0.15) is 5.21 Å². The van der Waals surface area contributed by atoms with E-state index >= 15 is 0 Å². The lowest BCUT2D eigenvalue weighted by Gasteiger charge is -2.32. The van der Waals surface area contributed by atoms with Crippen molar-refractivity contribution in [1.29, 1.82) is 0 Å². The number of amides is 1. The van der Waals surface area contributed by atoms with Crippen LogP contribution < -0.4 is 0 Å². The quantitative estimate of drug-likeness (QED) is 0.773.